The zero-order chi connectivity index (χ0) is 14.3. The predicted molar refractivity (Wildman–Crippen MR) is 83.5 cm³/mol. The quantitative estimate of drug-likeness (QED) is 0.669. The van der Waals surface area contributed by atoms with E-state index in [1.807, 2.05) is 19.1 Å². The van der Waals surface area contributed by atoms with Gasteiger partial charge in [-0.25, -0.2) is 4.98 Å². The summed E-state index contributed by atoms with van der Waals surface area (Å²) in [4.78, 5) is 4.61. The van der Waals surface area contributed by atoms with E-state index in [2.05, 4.69) is 15.6 Å². The Morgan fingerprint density at radius 2 is 2.15 bits per heavy atom. The van der Waals surface area contributed by atoms with E-state index in [4.69, 9.17) is 28.5 Å². The standard InChI is InChI=1S/C14H9Cl2N3S/c1-2-19-11-4-3-8(7-17)5-10(11)18-14(19)9-6-12(15)20-13(9)16/h3-6H,2H2,1H3. The number of aryl methyl sites for hydroxylation is 1. The van der Waals surface area contributed by atoms with Crippen LogP contribution in [-0.4, -0.2) is 9.55 Å². The first-order chi connectivity index (χ1) is 9.63. The summed E-state index contributed by atoms with van der Waals surface area (Å²) >= 11 is 13.6. The highest BCUT2D eigenvalue weighted by atomic mass is 35.5. The van der Waals surface area contributed by atoms with Crippen molar-refractivity contribution in [2.24, 2.45) is 0 Å². The highest BCUT2D eigenvalue weighted by Crippen LogP contribution is 2.38. The lowest BCUT2D eigenvalue weighted by atomic mass is 10.2. The molecule has 0 saturated heterocycles. The first-order valence-electron chi connectivity index (χ1n) is 5.99. The van der Waals surface area contributed by atoms with Crippen molar-refractivity contribution in [3.63, 3.8) is 0 Å². The Hall–Kier alpha value is -1.54. The Kier molecular flexibility index (Phi) is 3.43. The van der Waals surface area contributed by atoms with E-state index in [0.29, 0.717) is 14.2 Å². The molecule has 1 aromatic carbocycles. The molecule has 3 rings (SSSR count). The summed E-state index contributed by atoms with van der Waals surface area (Å²) < 4.78 is 3.33. The van der Waals surface area contributed by atoms with Crippen molar-refractivity contribution in [2.45, 2.75) is 13.5 Å². The van der Waals surface area contributed by atoms with Gasteiger partial charge < -0.3 is 4.57 Å². The molecule has 0 bridgehead atoms. The van der Waals surface area contributed by atoms with Crippen LogP contribution in [0.2, 0.25) is 8.67 Å². The number of hydrogen-bond acceptors (Lipinski definition) is 3. The number of benzene rings is 1. The van der Waals surface area contributed by atoms with Crippen LogP contribution in [0.15, 0.2) is 24.3 Å². The molecule has 0 aliphatic heterocycles. The first-order valence-corrected chi connectivity index (χ1v) is 7.57. The molecule has 0 spiro atoms. The summed E-state index contributed by atoms with van der Waals surface area (Å²) in [5, 5.41) is 8.97. The fourth-order valence-corrected chi connectivity index (χ4v) is 3.67. The van der Waals surface area contributed by atoms with E-state index in [-0.39, 0.29) is 0 Å². The Morgan fingerprint density at radius 3 is 2.75 bits per heavy atom. The number of fused-ring (bicyclic) bond motifs is 1. The fraction of sp³-hybridized carbons (Fsp3) is 0.143. The average molecular weight is 322 g/mol. The van der Waals surface area contributed by atoms with Gasteiger partial charge in [0.25, 0.3) is 0 Å². The number of aromatic nitrogens is 2. The van der Waals surface area contributed by atoms with E-state index in [1.54, 1.807) is 12.1 Å². The Bertz CT molecular complexity index is 842. The van der Waals surface area contributed by atoms with E-state index in [1.165, 1.54) is 11.3 Å². The first kappa shape index (κ1) is 13.4. The second-order valence-corrected chi connectivity index (χ2v) is 6.52. The predicted octanol–water partition coefficient (Wildman–Crippen LogP) is 4.96. The topological polar surface area (TPSA) is 41.6 Å². The lowest BCUT2D eigenvalue weighted by molar-refractivity contribution is 0.797. The molecule has 3 nitrogen and oxygen atoms in total. The second-order valence-electron chi connectivity index (χ2n) is 4.23. The molecule has 2 heterocycles. The molecule has 6 heteroatoms. The molecule has 0 fully saturated rings. The summed E-state index contributed by atoms with van der Waals surface area (Å²) in [5.74, 6) is 0.783. The van der Waals surface area contributed by atoms with Crippen molar-refractivity contribution in [3.8, 4) is 17.5 Å². The number of nitrogens with zero attached hydrogens (tertiary/aromatic N) is 3. The lowest BCUT2D eigenvalue weighted by Gasteiger charge is -2.04. The van der Waals surface area contributed by atoms with Gasteiger partial charge in [-0.2, -0.15) is 5.26 Å². The monoisotopic (exact) mass is 321 g/mol. The minimum absolute atomic E-state index is 0.597. The SMILES string of the molecule is CCn1c(-c2cc(Cl)sc2Cl)nc2cc(C#N)ccc21. The zero-order valence-electron chi connectivity index (χ0n) is 10.5. The molecule has 0 atom stereocenters. The van der Waals surface area contributed by atoms with Crippen molar-refractivity contribution >= 4 is 45.6 Å². The third-order valence-electron chi connectivity index (χ3n) is 3.09. The van der Waals surface area contributed by atoms with Crippen molar-refractivity contribution in [1.82, 2.24) is 9.55 Å². The van der Waals surface area contributed by atoms with Crippen LogP contribution in [0.3, 0.4) is 0 Å². The summed E-state index contributed by atoms with van der Waals surface area (Å²) in [6.07, 6.45) is 0. The number of rotatable bonds is 2. The highest BCUT2D eigenvalue weighted by Gasteiger charge is 2.16. The van der Waals surface area contributed by atoms with Gasteiger partial charge in [0, 0.05) is 12.1 Å². The molecule has 20 heavy (non-hydrogen) atoms. The molecule has 0 aliphatic rings. The highest BCUT2D eigenvalue weighted by molar-refractivity contribution is 7.20. The Morgan fingerprint density at radius 1 is 1.35 bits per heavy atom. The van der Waals surface area contributed by atoms with Crippen LogP contribution < -0.4 is 0 Å². The maximum Gasteiger partial charge on any atom is 0.143 e. The number of nitriles is 1. The summed E-state index contributed by atoms with van der Waals surface area (Å²) in [6.45, 7) is 2.81. The number of halogens is 2. The molecular weight excluding hydrogens is 313 g/mol. The summed E-state index contributed by atoms with van der Waals surface area (Å²) in [6, 6.07) is 9.44. The van der Waals surface area contributed by atoms with Gasteiger partial charge in [0.05, 0.1) is 27.0 Å². The average Bonchev–Trinajstić information content (AvgIpc) is 2.96. The molecule has 0 aliphatic carbocycles. The molecule has 3 aromatic rings. The number of hydrogen-bond donors (Lipinski definition) is 0. The van der Waals surface area contributed by atoms with Crippen LogP contribution in [0, 0.1) is 11.3 Å². The van der Waals surface area contributed by atoms with Gasteiger partial charge in [-0.3, -0.25) is 0 Å². The second kappa shape index (κ2) is 5.10. The minimum atomic E-state index is 0.597. The summed E-state index contributed by atoms with van der Waals surface area (Å²) in [7, 11) is 0. The molecule has 100 valence electrons. The van der Waals surface area contributed by atoms with E-state index < -0.39 is 0 Å². The molecule has 0 radical (unpaired) electrons. The third kappa shape index (κ3) is 2.08. The lowest BCUT2D eigenvalue weighted by Crippen LogP contribution is -1.96. The molecular formula is C14H9Cl2N3S. The maximum absolute atomic E-state index is 8.97. The van der Waals surface area contributed by atoms with Gasteiger partial charge in [-0.15, -0.1) is 11.3 Å². The van der Waals surface area contributed by atoms with Crippen LogP contribution in [0.5, 0.6) is 0 Å². The Labute approximate surface area is 130 Å². The van der Waals surface area contributed by atoms with Crippen LogP contribution >= 0.6 is 34.5 Å². The van der Waals surface area contributed by atoms with E-state index in [9.17, 15) is 0 Å². The van der Waals surface area contributed by atoms with Gasteiger partial charge in [0.1, 0.15) is 10.2 Å². The third-order valence-corrected chi connectivity index (χ3v) is 4.58. The van der Waals surface area contributed by atoms with Gasteiger partial charge in [0.15, 0.2) is 0 Å². The normalized spacial score (nSPS) is 10.9. The molecule has 0 N–H and O–H groups in total. The molecule has 2 aromatic heterocycles. The zero-order valence-corrected chi connectivity index (χ0v) is 12.9. The van der Waals surface area contributed by atoms with E-state index in [0.717, 1.165) is 29.0 Å². The number of thiophene rings is 1. The van der Waals surface area contributed by atoms with Gasteiger partial charge >= 0.3 is 0 Å². The van der Waals surface area contributed by atoms with E-state index >= 15 is 0 Å². The largest absolute Gasteiger partial charge is 0.324 e. The smallest absolute Gasteiger partial charge is 0.143 e. The summed E-state index contributed by atoms with van der Waals surface area (Å²) in [5.41, 5.74) is 3.21. The molecule has 0 saturated carbocycles. The Balaban J connectivity index is 2.30. The van der Waals surface area contributed by atoms with Gasteiger partial charge in [-0.1, -0.05) is 23.2 Å². The van der Waals surface area contributed by atoms with Crippen LogP contribution in [0.4, 0.5) is 0 Å². The molecule has 0 unspecified atom stereocenters. The fourth-order valence-electron chi connectivity index (χ4n) is 2.22. The maximum atomic E-state index is 8.97. The van der Waals surface area contributed by atoms with Gasteiger partial charge in [-0.05, 0) is 31.2 Å². The molecule has 0 amide bonds. The van der Waals surface area contributed by atoms with Crippen LogP contribution in [0.25, 0.3) is 22.4 Å². The van der Waals surface area contributed by atoms with Crippen molar-refractivity contribution in [1.29, 1.82) is 5.26 Å². The van der Waals surface area contributed by atoms with Crippen molar-refractivity contribution in [3.05, 3.63) is 38.5 Å². The minimum Gasteiger partial charge on any atom is -0.324 e. The number of imidazole rings is 1. The van der Waals surface area contributed by atoms with Crippen LogP contribution in [-0.2, 0) is 6.54 Å². The van der Waals surface area contributed by atoms with Crippen molar-refractivity contribution < 1.29 is 0 Å². The van der Waals surface area contributed by atoms with Gasteiger partial charge in [0.2, 0.25) is 0 Å². The van der Waals surface area contributed by atoms with Crippen LogP contribution in [0.1, 0.15) is 12.5 Å². The van der Waals surface area contributed by atoms with Crippen molar-refractivity contribution in [2.75, 3.05) is 0 Å².